The van der Waals surface area contributed by atoms with E-state index in [0.717, 1.165) is 5.69 Å². The number of aromatic nitrogens is 2. The van der Waals surface area contributed by atoms with Gasteiger partial charge in [-0.05, 0) is 6.07 Å². The maximum atomic E-state index is 10.8. The molecule has 4 heteroatoms. The van der Waals surface area contributed by atoms with Crippen molar-refractivity contribution in [2.75, 3.05) is 0 Å². The van der Waals surface area contributed by atoms with Crippen molar-refractivity contribution in [3.05, 3.63) is 23.8 Å². The zero-order valence-corrected chi connectivity index (χ0v) is 7.63. The zero-order chi connectivity index (χ0) is 8.27. The van der Waals surface area contributed by atoms with E-state index < -0.39 is 0 Å². The number of carbonyl (C=O) groups excluding carboxylic acids is 1. The highest BCUT2D eigenvalue weighted by Crippen LogP contribution is 2.01. The lowest BCUT2D eigenvalue weighted by atomic mass is 10.4. The van der Waals surface area contributed by atoms with E-state index in [1.807, 2.05) is 0 Å². The Labute approximate surface area is 73.0 Å². The third kappa shape index (κ3) is 2.08. The molecule has 0 bridgehead atoms. The van der Waals surface area contributed by atoms with E-state index >= 15 is 0 Å². The fourth-order valence-electron chi connectivity index (χ4n) is 0.640. The summed E-state index contributed by atoms with van der Waals surface area (Å²) >= 11 is 3.24. The molecule has 1 aromatic heterocycles. The summed E-state index contributed by atoms with van der Waals surface area (Å²) in [7, 11) is 0. The van der Waals surface area contributed by atoms with Gasteiger partial charge in [0.05, 0.1) is 5.69 Å². The molecule has 58 valence electrons. The van der Waals surface area contributed by atoms with Crippen molar-refractivity contribution in [1.82, 2.24) is 9.97 Å². The molecule has 11 heavy (non-hydrogen) atoms. The fourth-order valence-corrected chi connectivity index (χ4v) is 0.952. The Morgan fingerprint density at radius 3 is 3.00 bits per heavy atom. The van der Waals surface area contributed by atoms with Crippen LogP contribution >= 0.6 is 15.9 Å². The lowest BCUT2D eigenvalue weighted by Crippen LogP contribution is -2.01. The Kier molecular flexibility index (Phi) is 2.70. The van der Waals surface area contributed by atoms with E-state index in [1.54, 1.807) is 12.3 Å². The molecule has 0 spiro atoms. The highest BCUT2D eigenvalue weighted by Gasteiger charge is 2.01. The molecule has 0 fully saturated rings. The maximum Gasteiger partial charge on any atom is 0.196 e. The van der Waals surface area contributed by atoms with Crippen LogP contribution in [0.5, 0.6) is 0 Å². The summed E-state index contributed by atoms with van der Waals surface area (Å²) in [6.07, 6.45) is 1.58. The van der Waals surface area contributed by atoms with Gasteiger partial charge in [-0.25, -0.2) is 9.97 Å². The van der Waals surface area contributed by atoms with Crippen molar-refractivity contribution in [2.45, 2.75) is 12.3 Å². The number of rotatable bonds is 2. The Morgan fingerprint density at radius 2 is 2.45 bits per heavy atom. The van der Waals surface area contributed by atoms with Gasteiger partial charge in [0.15, 0.2) is 11.6 Å². The van der Waals surface area contributed by atoms with Crippen LogP contribution in [0.2, 0.25) is 0 Å². The number of halogens is 1. The van der Waals surface area contributed by atoms with Gasteiger partial charge in [-0.3, -0.25) is 4.79 Å². The Hall–Kier alpha value is -0.770. The number of alkyl halides is 1. The van der Waals surface area contributed by atoms with E-state index in [1.165, 1.54) is 6.92 Å². The summed E-state index contributed by atoms with van der Waals surface area (Å²) in [5, 5.41) is 0.649. The van der Waals surface area contributed by atoms with Gasteiger partial charge < -0.3 is 0 Å². The van der Waals surface area contributed by atoms with Crippen LogP contribution in [0, 0.1) is 0 Å². The molecule has 0 aliphatic carbocycles. The van der Waals surface area contributed by atoms with Gasteiger partial charge in [0.25, 0.3) is 0 Å². The van der Waals surface area contributed by atoms with Crippen LogP contribution in [-0.2, 0) is 5.33 Å². The summed E-state index contributed by atoms with van der Waals surface area (Å²) in [6.45, 7) is 1.45. The first-order valence-electron chi connectivity index (χ1n) is 3.13. The number of Topliss-reactive ketones (excluding diaryl/α,β-unsaturated/α-hetero) is 1. The molecular formula is C7H7BrN2O. The normalized spacial score (nSPS) is 9.64. The van der Waals surface area contributed by atoms with E-state index in [-0.39, 0.29) is 11.6 Å². The van der Waals surface area contributed by atoms with E-state index in [2.05, 4.69) is 25.9 Å². The van der Waals surface area contributed by atoms with Crippen molar-refractivity contribution in [3.8, 4) is 0 Å². The molecule has 3 nitrogen and oxygen atoms in total. The molecule has 0 N–H and O–H groups in total. The molecule has 0 saturated heterocycles. The molecular weight excluding hydrogens is 208 g/mol. The fraction of sp³-hybridized carbons (Fsp3) is 0.286. The first kappa shape index (κ1) is 8.33. The van der Waals surface area contributed by atoms with Crippen LogP contribution in [-0.4, -0.2) is 15.8 Å². The largest absolute Gasteiger partial charge is 0.291 e. The van der Waals surface area contributed by atoms with Crippen LogP contribution in [0.25, 0.3) is 0 Å². The monoisotopic (exact) mass is 214 g/mol. The molecule has 0 unspecified atom stereocenters. The van der Waals surface area contributed by atoms with Gasteiger partial charge in [-0.1, -0.05) is 15.9 Å². The van der Waals surface area contributed by atoms with Gasteiger partial charge in [0.2, 0.25) is 0 Å². The molecule has 1 aromatic rings. The van der Waals surface area contributed by atoms with Crippen molar-refractivity contribution in [1.29, 1.82) is 0 Å². The van der Waals surface area contributed by atoms with Crippen LogP contribution in [0.1, 0.15) is 23.2 Å². The predicted molar refractivity (Wildman–Crippen MR) is 44.7 cm³/mol. The second-order valence-electron chi connectivity index (χ2n) is 2.06. The first-order valence-corrected chi connectivity index (χ1v) is 4.25. The Bertz CT molecular complexity index is 275. The predicted octanol–water partition coefficient (Wildman–Crippen LogP) is 1.57. The second kappa shape index (κ2) is 3.57. The van der Waals surface area contributed by atoms with Crippen LogP contribution in [0.15, 0.2) is 12.3 Å². The van der Waals surface area contributed by atoms with Crippen LogP contribution in [0.4, 0.5) is 0 Å². The molecule has 0 amide bonds. The van der Waals surface area contributed by atoms with Gasteiger partial charge in [-0.2, -0.15) is 0 Å². The number of carbonyl (C=O) groups is 1. The number of hydrogen-bond donors (Lipinski definition) is 0. The quantitative estimate of drug-likeness (QED) is 0.555. The minimum atomic E-state index is -0.104. The smallest absolute Gasteiger partial charge is 0.196 e. The molecule has 0 radical (unpaired) electrons. The van der Waals surface area contributed by atoms with Crippen molar-refractivity contribution >= 4 is 21.7 Å². The standard InChI is InChI=1S/C7H7BrN2O/c1-5(11)7-9-3-2-6(4-8)10-7/h2-3H,4H2,1H3. The molecule has 1 rings (SSSR count). The van der Waals surface area contributed by atoms with Crippen molar-refractivity contribution in [3.63, 3.8) is 0 Å². The van der Waals surface area contributed by atoms with Gasteiger partial charge in [-0.15, -0.1) is 0 Å². The van der Waals surface area contributed by atoms with E-state index in [9.17, 15) is 4.79 Å². The second-order valence-corrected chi connectivity index (χ2v) is 2.62. The lowest BCUT2D eigenvalue weighted by molar-refractivity contribution is 0.100. The highest BCUT2D eigenvalue weighted by molar-refractivity contribution is 9.08. The number of hydrogen-bond acceptors (Lipinski definition) is 3. The zero-order valence-electron chi connectivity index (χ0n) is 6.04. The summed E-state index contributed by atoms with van der Waals surface area (Å²) in [5.74, 6) is 0.176. The SMILES string of the molecule is CC(=O)c1nccc(CBr)n1. The summed E-state index contributed by atoms with van der Waals surface area (Å²) in [4.78, 5) is 18.6. The Morgan fingerprint density at radius 1 is 1.73 bits per heavy atom. The Balaban J connectivity index is 3.01. The average Bonchev–Trinajstić information content (AvgIpc) is 2.05. The van der Waals surface area contributed by atoms with Crippen molar-refractivity contribution < 1.29 is 4.79 Å². The summed E-state index contributed by atoms with van der Waals surface area (Å²) in [5.41, 5.74) is 0.824. The van der Waals surface area contributed by atoms with Crippen molar-refractivity contribution in [2.24, 2.45) is 0 Å². The van der Waals surface area contributed by atoms with Crippen LogP contribution in [0.3, 0.4) is 0 Å². The van der Waals surface area contributed by atoms with E-state index in [0.29, 0.717) is 5.33 Å². The number of ketones is 1. The lowest BCUT2D eigenvalue weighted by Gasteiger charge is -1.95. The minimum absolute atomic E-state index is 0.104. The summed E-state index contributed by atoms with van der Waals surface area (Å²) in [6, 6.07) is 1.77. The van der Waals surface area contributed by atoms with E-state index in [4.69, 9.17) is 0 Å². The topological polar surface area (TPSA) is 42.9 Å². The third-order valence-corrected chi connectivity index (χ3v) is 1.74. The average molecular weight is 215 g/mol. The maximum absolute atomic E-state index is 10.8. The number of nitrogens with zero attached hydrogens (tertiary/aromatic N) is 2. The van der Waals surface area contributed by atoms with Gasteiger partial charge in [0, 0.05) is 18.5 Å². The highest BCUT2D eigenvalue weighted by atomic mass is 79.9. The molecule has 0 aromatic carbocycles. The molecule has 0 aliphatic heterocycles. The molecule has 1 heterocycles. The molecule has 0 aliphatic rings. The third-order valence-electron chi connectivity index (χ3n) is 1.17. The minimum Gasteiger partial charge on any atom is -0.291 e. The molecule has 0 atom stereocenters. The summed E-state index contributed by atoms with van der Waals surface area (Å²) < 4.78 is 0. The van der Waals surface area contributed by atoms with Gasteiger partial charge in [0.1, 0.15) is 0 Å². The molecule has 0 saturated carbocycles. The van der Waals surface area contributed by atoms with Gasteiger partial charge >= 0.3 is 0 Å². The first-order chi connectivity index (χ1) is 5.24. The van der Waals surface area contributed by atoms with Crippen LogP contribution < -0.4 is 0 Å².